The maximum atomic E-state index is 11.5. The fraction of sp³-hybridized carbons (Fsp3) is 0.143. The highest BCUT2D eigenvalue weighted by Crippen LogP contribution is 2.22. The second-order valence-electron chi connectivity index (χ2n) is 4.89. The number of benzene rings is 2. The smallest absolute Gasteiger partial charge is 0.294 e. The molecule has 0 aromatic heterocycles. The quantitative estimate of drug-likeness (QED) is 0.701. The summed E-state index contributed by atoms with van der Waals surface area (Å²) >= 11 is 0. The van der Waals surface area contributed by atoms with Gasteiger partial charge in [-0.2, -0.15) is 16.8 Å². The Hall–Kier alpha value is -1.94. The van der Waals surface area contributed by atoms with E-state index < -0.39 is 30.0 Å². The molecular formula is C14H15NO6S2. The van der Waals surface area contributed by atoms with Gasteiger partial charge in [0.15, 0.2) is 0 Å². The standard InChI is InChI=1S/C14H15NO6S2/c1-10-4-2-3-5-13(10)15-9-11-6-7-12(22(16,17)18)8-14(11)23(19,20)21/h2-8,15H,9H2,1H3,(H,16,17,18)(H,19,20,21). The summed E-state index contributed by atoms with van der Waals surface area (Å²) < 4.78 is 63.4. The van der Waals surface area contributed by atoms with Crippen molar-refractivity contribution in [1.29, 1.82) is 0 Å². The average molecular weight is 357 g/mol. The summed E-state index contributed by atoms with van der Waals surface area (Å²) in [4.78, 5) is -1.18. The number of nitrogens with one attached hydrogen (secondary N) is 1. The van der Waals surface area contributed by atoms with Gasteiger partial charge in [0, 0.05) is 12.2 Å². The fourth-order valence-corrected chi connectivity index (χ4v) is 3.37. The lowest BCUT2D eigenvalue weighted by molar-refractivity contribution is 0.480. The highest BCUT2D eigenvalue weighted by atomic mass is 32.2. The van der Waals surface area contributed by atoms with Crippen LogP contribution in [-0.4, -0.2) is 25.9 Å². The first-order valence-electron chi connectivity index (χ1n) is 6.46. The molecule has 0 aliphatic heterocycles. The van der Waals surface area contributed by atoms with Gasteiger partial charge in [-0.15, -0.1) is 0 Å². The van der Waals surface area contributed by atoms with E-state index >= 15 is 0 Å². The Morgan fingerprint density at radius 1 is 0.957 bits per heavy atom. The lowest BCUT2D eigenvalue weighted by atomic mass is 10.2. The van der Waals surface area contributed by atoms with Crippen molar-refractivity contribution in [3.05, 3.63) is 53.6 Å². The van der Waals surface area contributed by atoms with E-state index in [1.165, 1.54) is 6.07 Å². The molecule has 0 amide bonds. The van der Waals surface area contributed by atoms with Gasteiger partial charge in [-0.1, -0.05) is 24.3 Å². The van der Waals surface area contributed by atoms with E-state index in [0.717, 1.165) is 23.4 Å². The summed E-state index contributed by atoms with van der Waals surface area (Å²) in [5, 5.41) is 3.01. The highest BCUT2D eigenvalue weighted by Gasteiger charge is 2.20. The second kappa shape index (κ2) is 6.28. The average Bonchev–Trinajstić information content (AvgIpc) is 2.44. The van der Waals surface area contributed by atoms with Crippen LogP contribution >= 0.6 is 0 Å². The Bertz CT molecular complexity index is 935. The molecule has 0 aliphatic rings. The molecule has 2 aromatic carbocycles. The monoisotopic (exact) mass is 357 g/mol. The first-order chi connectivity index (χ1) is 10.6. The van der Waals surface area contributed by atoms with Gasteiger partial charge >= 0.3 is 0 Å². The molecule has 0 unspecified atom stereocenters. The molecule has 0 radical (unpaired) electrons. The lowest BCUT2D eigenvalue weighted by Gasteiger charge is -2.12. The zero-order valence-corrected chi connectivity index (χ0v) is 13.7. The van der Waals surface area contributed by atoms with Crippen LogP contribution in [0.5, 0.6) is 0 Å². The summed E-state index contributed by atoms with van der Waals surface area (Å²) in [6, 6.07) is 10.3. The van der Waals surface area contributed by atoms with Gasteiger partial charge in [-0.3, -0.25) is 9.11 Å². The molecule has 0 atom stereocenters. The van der Waals surface area contributed by atoms with Crippen LogP contribution < -0.4 is 5.32 Å². The Morgan fingerprint density at radius 2 is 1.61 bits per heavy atom. The molecule has 0 spiro atoms. The Labute approximate surface area is 134 Å². The third-order valence-electron chi connectivity index (χ3n) is 3.23. The van der Waals surface area contributed by atoms with Gasteiger partial charge in [0.25, 0.3) is 20.2 Å². The lowest BCUT2D eigenvalue weighted by Crippen LogP contribution is -2.10. The van der Waals surface area contributed by atoms with Crippen LogP contribution in [0.4, 0.5) is 5.69 Å². The number of anilines is 1. The number of hydrogen-bond donors (Lipinski definition) is 3. The summed E-state index contributed by atoms with van der Waals surface area (Å²) in [6.45, 7) is 1.92. The number of rotatable bonds is 5. The normalized spacial score (nSPS) is 12.1. The SMILES string of the molecule is Cc1ccccc1NCc1ccc(S(=O)(=O)O)cc1S(=O)(=O)O. The molecule has 23 heavy (non-hydrogen) atoms. The third kappa shape index (κ3) is 4.29. The maximum absolute atomic E-state index is 11.5. The van der Waals surface area contributed by atoms with Crippen molar-refractivity contribution in [2.75, 3.05) is 5.32 Å². The van der Waals surface area contributed by atoms with Crippen molar-refractivity contribution in [3.63, 3.8) is 0 Å². The van der Waals surface area contributed by atoms with Crippen LogP contribution in [0.3, 0.4) is 0 Å². The molecule has 0 saturated heterocycles. The molecular weight excluding hydrogens is 342 g/mol. The summed E-state index contributed by atoms with van der Waals surface area (Å²) in [5.74, 6) is 0. The van der Waals surface area contributed by atoms with E-state index in [9.17, 15) is 21.4 Å². The number of para-hydroxylation sites is 1. The van der Waals surface area contributed by atoms with E-state index in [1.807, 2.05) is 19.1 Å². The van der Waals surface area contributed by atoms with Crippen molar-refractivity contribution >= 4 is 25.9 Å². The van der Waals surface area contributed by atoms with Gasteiger partial charge < -0.3 is 5.32 Å². The minimum atomic E-state index is -4.65. The zero-order chi connectivity index (χ0) is 17.3. The largest absolute Gasteiger partial charge is 0.381 e. The molecule has 0 saturated carbocycles. The van der Waals surface area contributed by atoms with Crippen LogP contribution in [0.2, 0.25) is 0 Å². The van der Waals surface area contributed by atoms with Crippen molar-refractivity contribution < 1.29 is 25.9 Å². The minimum Gasteiger partial charge on any atom is -0.381 e. The van der Waals surface area contributed by atoms with Gasteiger partial charge in [0.2, 0.25) is 0 Å². The van der Waals surface area contributed by atoms with Gasteiger partial charge in [0.05, 0.1) is 4.90 Å². The molecule has 2 aromatic rings. The zero-order valence-electron chi connectivity index (χ0n) is 12.1. The summed E-state index contributed by atoms with van der Waals surface area (Å²) in [6.07, 6.45) is 0. The van der Waals surface area contributed by atoms with Crippen LogP contribution in [0, 0.1) is 6.92 Å². The predicted molar refractivity (Wildman–Crippen MR) is 84.6 cm³/mol. The van der Waals surface area contributed by atoms with E-state index in [0.29, 0.717) is 0 Å². The van der Waals surface area contributed by atoms with E-state index in [-0.39, 0.29) is 12.1 Å². The van der Waals surface area contributed by atoms with E-state index in [2.05, 4.69) is 5.32 Å². The molecule has 0 bridgehead atoms. The maximum Gasteiger partial charge on any atom is 0.294 e. The molecule has 0 heterocycles. The molecule has 0 aliphatic carbocycles. The molecule has 124 valence electrons. The van der Waals surface area contributed by atoms with Gasteiger partial charge in [0.1, 0.15) is 4.90 Å². The van der Waals surface area contributed by atoms with Crippen LogP contribution in [0.15, 0.2) is 52.3 Å². The molecule has 7 nitrogen and oxygen atoms in total. The molecule has 3 N–H and O–H groups in total. The van der Waals surface area contributed by atoms with Crippen molar-refractivity contribution in [2.24, 2.45) is 0 Å². The first kappa shape index (κ1) is 17.4. The van der Waals surface area contributed by atoms with Gasteiger partial charge in [-0.25, -0.2) is 0 Å². The Kier molecular flexibility index (Phi) is 4.76. The fourth-order valence-electron chi connectivity index (χ4n) is 2.04. The Balaban J connectivity index is 2.41. The third-order valence-corrected chi connectivity index (χ3v) is 5.01. The summed E-state index contributed by atoms with van der Waals surface area (Å²) in [7, 11) is -9.22. The summed E-state index contributed by atoms with van der Waals surface area (Å²) in [5.41, 5.74) is 1.88. The van der Waals surface area contributed by atoms with E-state index in [1.54, 1.807) is 12.1 Å². The van der Waals surface area contributed by atoms with Gasteiger partial charge in [-0.05, 0) is 36.2 Å². The number of aryl methyl sites for hydroxylation is 1. The van der Waals surface area contributed by atoms with Crippen molar-refractivity contribution in [1.82, 2.24) is 0 Å². The van der Waals surface area contributed by atoms with Crippen LogP contribution in [0.1, 0.15) is 11.1 Å². The highest BCUT2D eigenvalue weighted by molar-refractivity contribution is 7.86. The van der Waals surface area contributed by atoms with Crippen molar-refractivity contribution in [2.45, 2.75) is 23.3 Å². The molecule has 2 rings (SSSR count). The van der Waals surface area contributed by atoms with Crippen molar-refractivity contribution in [3.8, 4) is 0 Å². The van der Waals surface area contributed by atoms with E-state index in [4.69, 9.17) is 4.55 Å². The van der Waals surface area contributed by atoms with Crippen LogP contribution in [-0.2, 0) is 26.8 Å². The molecule has 9 heteroatoms. The number of hydrogen-bond acceptors (Lipinski definition) is 5. The predicted octanol–water partition coefficient (Wildman–Crippen LogP) is 2.10. The topological polar surface area (TPSA) is 121 Å². The second-order valence-corrected chi connectivity index (χ2v) is 7.70. The van der Waals surface area contributed by atoms with Crippen LogP contribution in [0.25, 0.3) is 0 Å². The minimum absolute atomic E-state index is 0.0474. The first-order valence-corrected chi connectivity index (χ1v) is 9.34. The molecule has 0 fully saturated rings. The Morgan fingerprint density at radius 3 is 2.17 bits per heavy atom.